The van der Waals surface area contributed by atoms with E-state index in [4.69, 9.17) is 28.2 Å². The molecule has 200 valence electrons. The molecule has 0 atom stereocenters. The summed E-state index contributed by atoms with van der Waals surface area (Å²) >= 11 is 14.2. The predicted octanol–water partition coefficient (Wildman–Crippen LogP) is 6.67. The molecule has 0 aliphatic carbocycles. The van der Waals surface area contributed by atoms with Gasteiger partial charge >= 0.3 is 0 Å². The van der Waals surface area contributed by atoms with E-state index in [0.717, 1.165) is 41.7 Å². The van der Waals surface area contributed by atoms with Gasteiger partial charge in [0.1, 0.15) is 11.0 Å². The van der Waals surface area contributed by atoms with Crippen LogP contribution in [0.4, 0.5) is 11.5 Å². The van der Waals surface area contributed by atoms with Crippen molar-refractivity contribution in [3.8, 4) is 0 Å². The van der Waals surface area contributed by atoms with Crippen LogP contribution in [0, 0.1) is 0 Å². The molecule has 3 aromatic carbocycles. The van der Waals surface area contributed by atoms with Crippen molar-refractivity contribution in [3.05, 3.63) is 112 Å². The van der Waals surface area contributed by atoms with Crippen LogP contribution in [0.25, 0.3) is 0 Å². The van der Waals surface area contributed by atoms with Gasteiger partial charge in [-0.15, -0.1) is 0 Å². The van der Waals surface area contributed by atoms with Crippen molar-refractivity contribution in [3.63, 3.8) is 0 Å². The molecule has 0 saturated carbocycles. The highest BCUT2D eigenvalue weighted by Gasteiger charge is 2.23. The summed E-state index contributed by atoms with van der Waals surface area (Å²) in [5.74, 6) is 1.50. The number of rotatable bonds is 8. The summed E-state index contributed by atoms with van der Waals surface area (Å²) in [7, 11) is 1.99. The van der Waals surface area contributed by atoms with Crippen LogP contribution >= 0.6 is 35.0 Å². The summed E-state index contributed by atoms with van der Waals surface area (Å²) in [6.07, 6.45) is 0. The highest BCUT2D eigenvalue weighted by Crippen LogP contribution is 2.27. The number of thioether (sulfide) groups is 1. The summed E-state index contributed by atoms with van der Waals surface area (Å²) in [4.78, 5) is 28.4. The molecule has 1 saturated heterocycles. The highest BCUT2D eigenvalue weighted by atomic mass is 35.5. The van der Waals surface area contributed by atoms with Crippen LogP contribution in [-0.4, -0.2) is 54.0 Å². The van der Waals surface area contributed by atoms with Gasteiger partial charge in [-0.3, -0.25) is 4.79 Å². The largest absolute Gasteiger partial charge is 0.367 e. The molecule has 1 aromatic heterocycles. The van der Waals surface area contributed by atoms with Crippen LogP contribution in [-0.2, 0) is 12.3 Å². The van der Waals surface area contributed by atoms with Crippen molar-refractivity contribution in [2.45, 2.75) is 17.5 Å². The molecule has 6 nitrogen and oxygen atoms in total. The number of anilines is 2. The molecule has 0 spiro atoms. The van der Waals surface area contributed by atoms with E-state index in [2.05, 4.69) is 26.9 Å². The molecule has 39 heavy (non-hydrogen) atoms. The number of nitrogens with zero attached hydrogens (tertiary/aromatic N) is 5. The Balaban J connectivity index is 1.15. The Hall–Kier alpha value is -3.26. The fraction of sp³-hybridized carbons (Fsp3) is 0.233. The first-order chi connectivity index (χ1) is 19.0. The van der Waals surface area contributed by atoms with Crippen LogP contribution in [0.5, 0.6) is 0 Å². The van der Waals surface area contributed by atoms with E-state index in [1.165, 1.54) is 17.3 Å². The standard InChI is InChI=1S/C30H29Cl2N5OS/c1-35(20-22-7-3-2-4-8-22)28-19-27(32)33-30(34-28)39-21-23-11-13-24(14-12-23)29(38)37-17-15-36(16-18-37)26-10-6-5-9-25(26)31/h2-14,19H,15-18,20-21H2,1H3. The van der Waals surface area contributed by atoms with E-state index in [1.54, 1.807) is 6.07 Å². The molecular weight excluding hydrogens is 549 g/mol. The van der Waals surface area contributed by atoms with E-state index in [1.807, 2.05) is 78.7 Å². The minimum absolute atomic E-state index is 0.0530. The van der Waals surface area contributed by atoms with Gasteiger partial charge in [0, 0.05) is 57.2 Å². The van der Waals surface area contributed by atoms with E-state index in [9.17, 15) is 4.79 Å². The number of amides is 1. The van der Waals surface area contributed by atoms with Crippen LogP contribution in [0.15, 0.2) is 90.1 Å². The van der Waals surface area contributed by atoms with Gasteiger partial charge in [-0.1, -0.05) is 89.6 Å². The van der Waals surface area contributed by atoms with Crippen molar-refractivity contribution in [2.24, 2.45) is 0 Å². The molecule has 0 radical (unpaired) electrons. The molecule has 1 amide bonds. The Bertz CT molecular complexity index is 1410. The molecular formula is C30H29Cl2N5OS. The van der Waals surface area contributed by atoms with Gasteiger partial charge < -0.3 is 14.7 Å². The quantitative estimate of drug-likeness (QED) is 0.132. The minimum atomic E-state index is 0.0530. The highest BCUT2D eigenvalue weighted by molar-refractivity contribution is 7.98. The number of carbonyl (C=O) groups excluding carboxylic acids is 1. The fourth-order valence-electron chi connectivity index (χ4n) is 4.52. The number of hydrogen-bond acceptors (Lipinski definition) is 6. The third-order valence-electron chi connectivity index (χ3n) is 6.64. The Labute approximate surface area is 243 Å². The minimum Gasteiger partial charge on any atom is -0.367 e. The molecule has 5 rings (SSSR count). The van der Waals surface area contributed by atoms with E-state index < -0.39 is 0 Å². The van der Waals surface area contributed by atoms with Crippen molar-refractivity contribution < 1.29 is 4.79 Å². The lowest BCUT2D eigenvalue weighted by atomic mass is 10.1. The molecule has 0 unspecified atom stereocenters. The van der Waals surface area contributed by atoms with Crippen LogP contribution in [0.3, 0.4) is 0 Å². The Morgan fingerprint density at radius 1 is 0.872 bits per heavy atom. The fourth-order valence-corrected chi connectivity index (χ4v) is 5.81. The van der Waals surface area contributed by atoms with Crippen molar-refractivity contribution in [1.29, 1.82) is 0 Å². The zero-order chi connectivity index (χ0) is 27.2. The maximum Gasteiger partial charge on any atom is 0.253 e. The second-order valence-electron chi connectivity index (χ2n) is 9.39. The maximum atomic E-state index is 13.1. The third kappa shape index (κ3) is 7.04. The van der Waals surface area contributed by atoms with Crippen LogP contribution in [0.2, 0.25) is 10.2 Å². The van der Waals surface area contributed by atoms with Crippen molar-refractivity contribution in [2.75, 3.05) is 43.0 Å². The molecule has 1 aliphatic heterocycles. The van der Waals surface area contributed by atoms with Gasteiger partial charge in [-0.2, -0.15) is 0 Å². The molecule has 0 bridgehead atoms. The number of hydrogen-bond donors (Lipinski definition) is 0. The summed E-state index contributed by atoms with van der Waals surface area (Å²) in [6, 6.07) is 27.6. The molecule has 1 aliphatic rings. The van der Waals surface area contributed by atoms with E-state index in [0.29, 0.717) is 34.7 Å². The van der Waals surface area contributed by atoms with Gasteiger partial charge in [0.25, 0.3) is 5.91 Å². The molecule has 1 fully saturated rings. The van der Waals surface area contributed by atoms with Gasteiger partial charge in [-0.05, 0) is 35.4 Å². The molecule has 0 N–H and O–H groups in total. The smallest absolute Gasteiger partial charge is 0.253 e. The van der Waals surface area contributed by atoms with Gasteiger partial charge in [0.05, 0.1) is 10.7 Å². The summed E-state index contributed by atoms with van der Waals surface area (Å²) < 4.78 is 0. The monoisotopic (exact) mass is 577 g/mol. The van der Waals surface area contributed by atoms with E-state index in [-0.39, 0.29) is 5.91 Å². The number of benzene rings is 3. The van der Waals surface area contributed by atoms with Crippen LogP contribution in [0.1, 0.15) is 21.5 Å². The SMILES string of the molecule is CN(Cc1ccccc1)c1cc(Cl)nc(SCc2ccc(C(=O)N3CCN(c4ccccc4Cl)CC3)cc2)n1. The number of halogens is 2. The molecule has 9 heteroatoms. The number of para-hydroxylation sites is 1. The summed E-state index contributed by atoms with van der Waals surface area (Å²) in [5.41, 5.74) is 3.99. The third-order valence-corrected chi connectivity index (χ3v) is 8.08. The Morgan fingerprint density at radius 2 is 1.56 bits per heavy atom. The lowest BCUT2D eigenvalue weighted by Crippen LogP contribution is -2.48. The summed E-state index contributed by atoms with van der Waals surface area (Å²) in [5, 5.41) is 1.77. The van der Waals surface area contributed by atoms with E-state index >= 15 is 0 Å². The average Bonchev–Trinajstić information content (AvgIpc) is 2.97. The second-order valence-corrected chi connectivity index (χ2v) is 11.1. The van der Waals surface area contributed by atoms with Crippen molar-refractivity contribution in [1.82, 2.24) is 14.9 Å². The molecule has 2 heterocycles. The number of piperazine rings is 1. The second kappa shape index (κ2) is 12.7. The van der Waals surface area contributed by atoms with Crippen molar-refractivity contribution >= 4 is 52.4 Å². The number of aromatic nitrogens is 2. The average molecular weight is 579 g/mol. The number of carbonyl (C=O) groups is 1. The first-order valence-electron chi connectivity index (χ1n) is 12.8. The lowest BCUT2D eigenvalue weighted by molar-refractivity contribution is 0.0747. The zero-order valence-electron chi connectivity index (χ0n) is 21.6. The maximum absolute atomic E-state index is 13.1. The van der Waals surface area contributed by atoms with Gasteiger partial charge in [0.2, 0.25) is 0 Å². The topological polar surface area (TPSA) is 52.6 Å². The normalized spacial score (nSPS) is 13.4. The first-order valence-corrected chi connectivity index (χ1v) is 14.5. The Morgan fingerprint density at radius 3 is 2.28 bits per heavy atom. The first kappa shape index (κ1) is 27.3. The van der Waals surface area contributed by atoms with Crippen LogP contribution < -0.4 is 9.80 Å². The molecule has 4 aromatic rings. The predicted molar refractivity (Wildman–Crippen MR) is 161 cm³/mol. The zero-order valence-corrected chi connectivity index (χ0v) is 24.0. The summed E-state index contributed by atoms with van der Waals surface area (Å²) in [6.45, 7) is 3.56. The Kier molecular flexibility index (Phi) is 8.91. The van der Waals surface area contributed by atoms with Gasteiger partial charge in [-0.25, -0.2) is 9.97 Å². The lowest BCUT2D eigenvalue weighted by Gasteiger charge is -2.36. The van der Waals surface area contributed by atoms with Gasteiger partial charge in [0.15, 0.2) is 5.16 Å².